The minimum Gasteiger partial charge on any atom is -0.351 e. The van der Waals surface area contributed by atoms with E-state index in [0.717, 1.165) is 24.6 Å². The molecule has 15 heavy (non-hydrogen) atoms. The average molecular weight is 227 g/mol. The summed E-state index contributed by atoms with van der Waals surface area (Å²) in [5.74, 6) is 0. The summed E-state index contributed by atoms with van der Waals surface area (Å²) >= 11 is 1.78. The Bertz CT molecular complexity index is 283. The Kier molecular flexibility index (Phi) is 5.05. The molecule has 0 fully saturated rings. The standard InChI is InChI=1S/C11H21N3S/c1-5-6-14(4)11-13-8-10(15-11)7-12-9(2)3/h8-9,12H,5-7H2,1-4H3. The van der Waals surface area contributed by atoms with Gasteiger partial charge in [-0.15, -0.1) is 11.3 Å². The second kappa shape index (κ2) is 6.08. The molecular formula is C11H21N3S. The monoisotopic (exact) mass is 227 g/mol. The minimum atomic E-state index is 0.531. The van der Waals surface area contributed by atoms with E-state index in [1.54, 1.807) is 11.3 Å². The van der Waals surface area contributed by atoms with E-state index in [2.05, 4.69) is 43.0 Å². The fourth-order valence-electron chi connectivity index (χ4n) is 1.29. The molecule has 0 atom stereocenters. The topological polar surface area (TPSA) is 28.2 Å². The van der Waals surface area contributed by atoms with Crippen LogP contribution in [-0.2, 0) is 6.54 Å². The van der Waals surface area contributed by atoms with Gasteiger partial charge in [-0.05, 0) is 6.42 Å². The summed E-state index contributed by atoms with van der Waals surface area (Å²) in [6.45, 7) is 8.50. The number of nitrogens with zero attached hydrogens (tertiary/aromatic N) is 2. The molecule has 4 heteroatoms. The molecule has 0 spiro atoms. The van der Waals surface area contributed by atoms with E-state index in [1.807, 2.05) is 6.20 Å². The van der Waals surface area contributed by atoms with Crippen LogP contribution in [0.3, 0.4) is 0 Å². The van der Waals surface area contributed by atoms with E-state index in [1.165, 1.54) is 4.88 Å². The van der Waals surface area contributed by atoms with E-state index in [4.69, 9.17) is 0 Å². The maximum Gasteiger partial charge on any atom is 0.185 e. The van der Waals surface area contributed by atoms with Crippen molar-refractivity contribution in [3.8, 4) is 0 Å². The Morgan fingerprint density at radius 1 is 1.53 bits per heavy atom. The van der Waals surface area contributed by atoms with Crippen LogP contribution in [0.2, 0.25) is 0 Å². The quantitative estimate of drug-likeness (QED) is 0.809. The molecule has 0 aliphatic rings. The van der Waals surface area contributed by atoms with Gasteiger partial charge in [-0.3, -0.25) is 0 Å². The molecule has 0 amide bonds. The summed E-state index contributed by atoms with van der Waals surface area (Å²) in [7, 11) is 2.10. The second-order valence-electron chi connectivity index (χ2n) is 4.07. The highest BCUT2D eigenvalue weighted by Crippen LogP contribution is 2.21. The molecule has 0 radical (unpaired) electrons. The van der Waals surface area contributed by atoms with Crippen molar-refractivity contribution in [3.63, 3.8) is 0 Å². The fraction of sp³-hybridized carbons (Fsp3) is 0.727. The molecule has 1 N–H and O–H groups in total. The number of hydrogen-bond donors (Lipinski definition) is 1. The maximum absolute atomic E-state index is 4.42. The summed E-state index contributed by atoms with van der Waals surface area (Å²) in [6, 6.07) is 0.531. The number of rotatable bonds is 6. The van der Waals surface area contributed by atoms with Crippen molar-refractivity contribution in [1.29, 1.82) is 0 Å². The molecule has 1 aromatic rings. The van der Waals surface area contributed by atoms with Crippen LogP contribution in [0.4, 0.5) is 5.13 Å². The first-order valence-corrected chi connectivity index (χ1v) is 6.34. The van der Waals surface area contributed by atoms with Crippen LogP contribution in [0.1, 0.15) is 32.1 Å². The Morgan fingerprint density at radius 2 is 2.27 bits per heavy atom. The van der Waals surface area contributed by atoms with Gasteiger partial charge in [0.25, 0.3) is 0 Å². The number of thiazole rings is 1. The highest BCUT2D eigenvalue weighted by atomic mass is 32.1. The minimum absolute atomic E-state index is 0.531. The lowest BCUT2D eigenvalue weighted by Crippen LogP contribution is -2.21. The third-order valence-corrected chi connectivity index (χ3v) is 3.22. The summed E-state index contributed by atoms with van der Waals surface area (Å²) in [6.07, 6.45) is 3.14. The molecule has 1 aromatic heterocycles. The maximum atomic E-state index is 4.42. The van der Waals surface area contributed by atoms with Crippen LogP contribution < -0.4 is 10.2 Å². The molecule has 1 heterocycles. The molecule has 0 aliphatic carbocycles. The highest BCUT2D eigenvalue weighted by Gasteiger charge is 2.06. The third-order valence-electron chi connectivity index (χ3n) is 2.11. The summed E-state index contributed by atoms with van der Waals surface area (Å²) in [4.78, 5) is 7.94. The van der Waals surface area contributed by atoms with E-state index in [-0.39, 0.29) is 0 Å². The van der Waals surface area contributed by atoms with Gasteiger partial charge in [0.2, 0.25) is 0 Å². The van der Waals surface area contributed by atoms with Gasteiger partial charge in [-0.1, -0.05) is 20.8 Å². The molecule has 1 rings (SSSR count). The second-order valence-corrected chi connectivity index (χ2v) is 5.16. The number of hydrogen-bond acceptors (Lipinski definition) is 4. The van der Waals surface area contributed by atoms with Crippen LogP contribution >= 0.6 is 11.3 Å². The van der Waals surface area contributed by atoms with Gasteiger partial charge < -0.3 is 10.2 Å². The Labute approximate surface area is 96.5 Å². The third kappa shape index (κ3) is 4.18. The van der Waals surface area contributed by atoms with Gasteiger partial charge in [0.1, 0.15) is 0 Å². The van der Waals surface area contributed by atoms with Gasteiger partial charge >= 0.3 is 0 Å². The Hall–Kier alpha value is -0.610. The highest BCUT2D eigenvalue weighted by molar-refractivity contribution is 7.15. The van der Waals surface area contributed by atoms with E-state index in [9.17, 15) is 0 Å². The van der Waals surface area contributed by atoms with Crippen molar-refractivity contribution in [2.24, 2.45) is 0 Å². The summed E-state index contributed by atoms with van der Waals surface area (Å²) in [5, 5.41) is 4.52. The van der Waals surface area contributed by atoms with Crippen molar-refractivity contribution in [1.82, 2.24) is 10.3 Å². The van der Waals surface area contributed by atoms with Crippen molar-refractivity contribution in [3.05, 3.63) is 11.1 Å². The molecule has 0 saturated heterocycles. The zero-order chi connectivity index (χ0) is 11.3. The predicted molar refractivity (Wildman–Crippen MR) is 67.7 cm³/mol. The van der Waals surface area contributed by atoms with Crippen molar-refractivity contribution in [2.45, 2.75) is 39.8 Å². The lowest BCUT2D eigenvalue weighted by molar-refractivity contribution is 0.593. The van der Waals surface area contributed by atoms with Crippen molar-refractivity contribution >= 4 is 16.5 Å². The molecule has 0 bridgehead atoms. The smallest absolute Gasteiger partial charge is 0.185 e. The van der Waals surface area contributed by atoms with Gasteiger partial charge in [0.05, 0.1) is 0 Å². The van der Waals surface area contributed by atoms with Gasteiger partial charge in [0, 0.05) is 37.3 Å². The molecule has 0 unspecified atom stereocenters. The van der Waals surface area contributed by atoms with E-state index < -0.39 is 0 Å². The average Bonchev–Trinajstić information content (AvgIpc) is 2.63. The summed E-state index contributed by atoms with van der Waals surface area (Å²) < 4.78 is 0. The number of anilines is 1. The lowest BCUT2D eigenvalue weighted by Gasteiger charge is -2.13. The zero-order valence-corrected chi connectivity index (χ0v) is 10.9. The molecule has 0 aromatic carbocycles. The first kappa shape index (κ1) is 12.5. The SMILES string of the molecule is CCCN(C)c1ncc(CNC(C)C)s1. The predicted octanol–water partition coefficient (Wildman–Crippen LogP) is 2.49. The Morgan fingerprint density at radius 3 is 2.87 bits per heavy atom. The fourth-order valence-corrected chi connectivity index (χ4v) is 2.14. The van der Waals surface area contributed by atoms with Crippen molar-refractivity contribution in [2.75, 3.05) is 18.5 Å². The molecule has 0 aliphatic heterocycles. The zero-order valence-electron chi connectivity index (χ0n) is 10.1. The van der Waals surface area contributed by atoms with Gasteiger partial charge in [0.15, 0.2) is 5.13 Å². The van der Waals surface area contributed by atoms with Gasteiger partial charge in [-0.2, -0.15) is 0 Å². The lowest BCUT2D eigenvalue weighted by atomic mass is 10.4. The first-order valence-electron chi connectivity index (χ1n) is 5.52. The normalized spacial score (nSPS) is 11.0. The van der Waals surface area contributed by atoms with Crippen LogP contribution in [0, 0.1) is 0 Å². The first-order chi connectivity index (χ1) is 7.13. The Balaban J connectivity index is 2.48. The van der Waals surface area contributed by atoms with Crippen LogP contribution in [0.25, 0.3) is 0 Å². The van der Waals surface area contributed by atoms with Crippen molar-refractivity contribution < 1.29 is 0 Å². The van der Waals surface area contributed by atoms with Crippen LogP contribution in [0.15, 0.2) is 6.20 Å². The van der Waals surface area contributed by atoms with E-state index >= 15 is 0 Å². The molecule has 86 valence electrons. The molecule has 3 nitrogen and oxygen atoms in total. The number of nitrogens with one attached hydrogen (secondary N) is 1. The number of aromatic nitrogens is 1. The molecule has 0 saturated carbocycles. The molecular weight excluding hydrogens is 206 g/mol. The van der Waals surface area contributed by atoms with Crippen LogP contribution in [0.5, 0.6) is 0 Å². The van der Waals surface area contributed by atoms with Gasteiger partial charge in [-0.25, -0.2) is 4.98 Å². The largest absolute Gasteiger partial charge is 0.351 e. The van der Waals surface area contributed by atoms with E-state index in [0.29, 0.717) is 6.04 Å². The summed E-state index contributed by atoms with van der Waals surface area (Å²) in [5.41, 5.74) is 0. The van der Waals surface area contributed by atoms with Crippen LogP contribution in [-0.4, -0.2) is 24.6 Å².